The normalized spacial score (nSPS) is 13.7. The first-order valence-electron chi connectivity index (χ1n) is 7.94. The van der Waals surface area contributed by atoms with Gasteiger partial charge in [0.25, 0.3) is 0 Å². The van der Waals surface area contributed by atoms with Gasteiger partial charge in [0.05, 0.1) is 12.0 Å². The van der Waals surface area contributed by atoms with Gasteiger partial charge < -0.3 is 15.2 Å². The van der Waals surface area contributed by atoms with E-state index in [4.69, 9.17) is 10.3 Å². The second-order valence-corrected chi connectivity index (χ2v) is 6.72. The molecule has 1 aromatic carbocycles. The van der Waals surface area contributed by atoms with Crippen LogP contribution < -0.4 is 5.84 Å². The Kier molecular flexibility index (Phi) is 4.19. The Hall–Kier alpha value is -2.74. The lowest BCUT2D eigenvalue weighted by Crippen LogP contribution is -2.37. The Balaban J connectivity index is 1.40. The monoisotopic (exact) mass is 355 g/mol. The number of carbonyl (C=O) groups excluding carboxylic acids is 1. The van der Waals surface area contributed by atoms with Crippen molar-refractivity contribution in [3.05, 3.63) is 53.8 Å². The number of aromatic nitrogens is 3. The van der Waals surface area contributed by atoms with E-state index in [9.17, 15) is 4.79 Å². The van der Waals surface area contributed by atoms with Crippen LogP contribution in [0.5, 0.6) is 0 Å². The summed E-state index contributed by atoms with van der Waals surface area (Å²) in [4.78, 5) is 14.4. The Morgan fingerprint density at radius 1 is 1.20 bits per heavy atom. The summed E-state index contributed by atoms with van der Waals surface area (Å²) in [5, 5.41) is 8.56. The summed E-state index contributed by atoms with van der Waals surface area (Å²) in [6.45, 7) is 1.39. The van der Waals surface area contributed by atoms with Gasteiger partial charge in [0.1, 0.15) is 0 Å². The van der Waals surface area contributed by atoms with Crippen molar-refractivity contribution in [3.63, 3.8) is 0 Å². The number of carbonyl (C=O) groups is 1. The van der Waals surface area contributed by atoms with Crippen molar-refractivity contribution in [3.8, 4) is 11.6 Å². The van der Waals surface area contributed by atoms with Crippen LogP contribution in [0.15, 0.2) is 52.2 Å². The van der Waals surface area contributed by atoms with Crippen LogP contribution >= 0.6 is 11.8 Å². The summed E-state index contributed by atoms with van der Waals surface area (Å²) >= 11 is 1.28. The average Bonchev–Trinajstić information content (AvgIpc) is 3.29. The molecule has 0 unspecified atom stereocenters. The minimum Gasteiger partial charge on any atom is -0.461 e. The van der Waals surface area contributed by atoms with Gasteiger partial charge in [-0.05, 0) is 29.7 Å². The Bertz CT molecular complexity index is 890. The minimum atomic E-state index is 0.0713. The number of nitrogen functional groups attached to an aromatic ring is 1. The summed E-state index contributed by atoms with van der Waals surface area (Å²) in [6.07, 6.45) is 2.44. The third-order valence-electron chi connectivity index (χ3n) is 4.21. The molecule has 0 aliphatic carbocycles. The summed E-state index contributed by atoms with van der Waals surface area (Å²) < 4.78 is 6.63. The predicted molar refractivity (Wildman–Crippen MR) is 94.2 cm³/mol. The largest absolute Gasteiger partial charge is 0.461 e. The standard InChI is InChI=1S/C17H17N5O2S/c18-22-16(14-6-3-9-24-14)19-20-17(22)25-11-15(23)21-8-7-12-4-1-2-5-13(12)10-21/h1-6,9H,7-8,10-11,18H2. The van der Waals surface area contributed by atoms with Crippen LogP contribution in [0.2, 0.25) is 0 Å². The molecule has 8 heteroatoms. The highest BCUT2D eigenvalue weighted by molar-refractivity contribution is 7.99. The van der Waals surface area contributed by atoms with Gasteiger partial charge in [0, 0.05) is 13.1 Å². The summed E-state index contributed by atoms with van der Waals surface area (Å²) in [5.74, 6) is 7.33. The van der Waals surface area contributed by atoms with Gasteiger partial charge >= 0.3 is 0 Å². The molecule has 0 bridgehead atoms. The topological polar surface area (TPSA) is 90.2 Å². The molecule has 3 heterocycles. The number of amides is 1. The van der Waals surface area contributed by atoms with Crippen molar-refractivity contribution in [2.75, 3.05) is 18.1 Å². The zero-order valence-corrected chi connectivity index (χ0v) is 14.3. The van der Waals surface area contributed by atoms with Crippen molar-refractivity contribution in [2.45, 2.75) is 18.1 Å². The molecule has 3 aromatic rings. The molecule has 0 saturated carbocycles. The lowest BCUT2D eigenvalue weighted by Gasteiger charge is -2.28. The van der Waals surface area contributed by atoms with Gasteiger partial charge in [-0.1, -0.05) is 36.0 Å². The van der Waals surface area contributed by atoms with E-state index in [1.165, 1.54) is 27.6 Å². The van der Waals surface area contributed by atoms with Crippen LogP contribution in [-0.2, 0) is 17.8 Å². The van der Waals surface area contributed by atoms with Crippen molar-refractivity contribution < 1.29 is 9.21 Å². The first-order valence-corrected chi connectivity index (χ1v) is 8.92. The molecule has 7 nitrogen and oxygen atoms in total. The number of rotatable bonds is 4. The van der Waals surface area contributed by atoms with E-state index < -0.39 is 0 Å². The molecule has 1 aliphatic rings. The smallest absolute Gasteiger partial charge is 0.233 e. The number of hydrogen-bond acceptors (Lipinski definition) is 6. The molecular formula is C17H17N5O2S. The third-order valence-corrected chi connectivity index (χ3v) is 5.14. The molecule has 2 aromatic heterocycles. The van der Waals surface area contributed by atoms with Crippen molar-refractivity contribution >= 4 is 17.7 Å². The van der Waals surface area contributed by atoms with E-state index in [-0.39, 0.29) is 11.7 Å². The van der Waals surface area contributed by atoms with Crippen LogP contribution in [0.4, 0.5) is 0 Å². The second kappa shape index (κ2) is 6.64. The molecule has 1 aliphatic heterocycles. The van der Waals surface area contributed by atoms with E-state index in [1.807, 2.05) is 17.0 Å². The molecule has 4 rings (SSSR count). The highest BCUT2D eigenvalue weighted by Crippen LogP contribution is 2.23. The fraction of sp³-hybridized carbons (Fsp3) is 0.235. The average molecular weight is 355 g/mol. The van der Waals surface area contributed by atoms with Gasteiger partial charge in [-0.15, -0.1) is 10.2 Å². The zero-order valence-electron chi connectivity index (χ0n) is 13.5. The number of hydrogen-bond donors (Lipinski definition) is 1. The van der Waals surface area contributed by atoms with E-state index in [1.54, 1.807) is 18.4 Å². The summed E-state index contributed by atoms with van der Waals surface area (Å²) in [5.41, 5.74) is 2.54. The third kappa shape index (κ3) is 3.12. The van der Waals surface area contributed by atoms with Crippen LogP contribution in [0.25, 0.3) is 11.6 Å². The van der Waals surface area contributed by atoms with E-state index in [0.29, 0.717) is 23.3 Å². The Morgan fingerprint density at radius 2 is 2.04 bits per heavy atom. The SMILES string of the molecule is Nn1c(SCC(=O)N2CCc3ccccc3C2)nnc1-c1ccco1. The maximum Gasteiger partial charge on any atom is 0.233 e. The number of fused-ring (bicyclic) bond motifs is 1. The van der Waals surface area contributed by atoms with Crippen LogP contribution in [-0.4, -0.2) is 38.0 Å². The summed E-state index contributed by atoms with van der Waals surface area (Å²) in [7, 11) is 0. The molecular weight excluding hydrogens is 338 g/mol. The minimum absolute atomic E-state index is 0.0713. The fourth-order valence-electron chi connectivity index (χ4n) is 2.88. The molecule has 1 amide bonds. The summed E-state index contributed by atoms with van der Waals surface area (Å²) in [6, 6.07) is 11.8. The van der Waals surface area contributed by atoms with Gasteiger partial charge in [-0.2, -0.15) is 0 Å². The van der Waals surface area contributed by atoms with Crippen molar-refractivity contribution in [1.82, 2.24) is 19.8 Å². The van der Waals surface area contributed by atoms with Gasteiger partial charge in [0.2, 0.25) is 16.9 Å². The lowest BCUT2D eigenvalue weighted by atomic mass is 10.00. The van der Waals surface area contributed by atoms with Crippen LogP contribution in [0.3, 0.4) is 0 Å². The molecule has 0 spiro atoms. The highest BCUT2D eigenvalue weighted by atomic mass is 32.2. The number of furan rings is 1. The number of nitrogens with two attached hydrogens (primary N) is 1. The number of nitrogens with zero attached hydrogens (tertiary/aromatic N) is 4. The van der Waals surface area contributed by atoms with Crippen molar-refractivity contribution in [2.24, 2.45) is 0 Å². The fourth-order valence-corrected chi connectivity index (χ4v) is 3.63. The lowest BCUT2D eigenvalue weighted by molar-refractivity contribution is -0.129. The Morgan fingerprint density at radius 3 is 2.84 bits per heavy atom. The molecule has 0 radical (unpaired) electrons. The first kappa shape index (κ1) is 15.8. The maximum absolute atomic E-state index is 12.5. The zero-order chi connectivity index (χ0) is 17.2. The first-order chi connectivity index (χ1) is 12.2. The molecule has 0 saturated heterocycles. The van der Waals surface area contributed by atoms with Gasteiger partial charge in [0.15, 0.2) is 5.76 Å². The molecule has 25 heavy (non-hydrogen) atoms. The molecule has 0 fully saturated rings. The van der Waals surface area contributed by atoms with Crippen LogP contribution in [0.1, 0.15) is 11.1 Å². The number of benzene rings is 1. The van der Waals surface area contributed by atoms with Gasteiger partial charge in [-0.25, -0.2) is 4.68 Å². The Labute approximate surface area is 148 Å². The maximum atomic E-state index is 12.5. The molecule has 0 atom stereocenters. The van der Waals surface area contributed by atoms with E-state index in [0.717, 1.165) is 13.0 Å². The molecule has 128 valence electrons. The van der Waals surface area contributed by atoms with Gasteiger partial charge in [-0.3, -0.25) is 4.79 Å². The quantitative estimate of drug-likeness (QED) is 0.568. The highest BCUT2D eigenvalue weighted by Gasteiger charge is 2.22. The van der Waals surface area contributed by atoms with E-state index in [2.05, 4.69) is 22.3 Å². The molecule has 2 N–H and O–H groups in total. The second-order valence-electron chi connectivity index (χ2n) is 5.78. The van der Waals surface area contributed by atoms with E-state index >= 15 is 0 Å². The predicted octanol–water partition coefficient (Wildman–Crippen LogP) is 1.93. The number of thioether (sulfide) groups is 1. The van der Waals surface area contributed by atoms with Crippen LogP contribution in [0, 0.1) is 0 Å². The van der Waals surface area contributed by atoms with Crippen molar-refractivity contribution in [1.29, 1.82) is 0 Å².